The van der Waals surface area contributed by atoms with Crippen LogP contribution < -0.4 is 5.32 Å². The van der Waals surface area contributed by atoms with Gasteiger partial charge in [0.15, 0.2) is 5.92 Å². The zero-order valence-corrected chi connectivity index (χ0v) is 18.3. The van der Waals surface area contributed by atoms with E-state index in [0.717, 1.165) is 36.9 Å². The number of hydrogen-bond acceptors (Lipinski definition) is 6. The predicted octanol–water partition coefficient (Wildman–Crippen LogP) is 5.00. The van der Waals surface area contributed by atoms with Crippen LogP contribution in [0.15, 0.2) is 63.8 Å². The number of carbonyl (C=O) groups is 3. The molecule has 2 saturated carbocycles. The van der Waals surface area contributed by atoms with Crippen LogP contribution in [0.2, 0.25) is 0 Å². The molecule has 168 valence electrons. The van der Waals surface area contributed by atoms with Gasteiger partial charge in [0.2, 0.25) is 11.8 Å². The number of barbiturate groups is 1. The van der Waals surface area contributed by atoms with E-state index in [2.05, 4.69) is 20.5 Å². The molecule has 1 saturated heterocycles. The number of benzene rings is 2. The van der Waals surface area contributed by atoms with Crippen LogP contribution in [0, 0.1) is 24.7 Å². The maximum absolute atomic E-state index is 13.1. The summed E-state index contributed by atoms with van der Waals surface area (Å²) < 4.78 is 0. The van der Waals surface area contributed by atoms with Gasteiger partial charge in [-0.2, -0.15) is 10.2 Å². The highest BCUT2D eigenvalue weighted by Gasteiger charge is 2.50. The molecule has 2 aromatic carbocycles. The van der Waals surface area contributed by atoms with Crippen LogP contribution in [0.4, 0.5) is 21.9 Å². The van der Waals surface area contributed by atoms with E-state index in [1.165, 1.54) is 11.1 Å². The second-order valence-electron chi connectivity index (χ2n) is 9.05. The largest absolute Gasteiger partial charge is 0.331 e. The summed E-state index contributed by atoms with van der Waals surface area (Å²) in [7, 11) is 0. The third kappa shape index (κ3) is 4.33. The number of hydrogen-bond donors (Lipinski definition) is 1. The number of aliphatic imine (C=N–C) groups is 1. The van der Waals surface area contributed by atoms with Crippen molar-refractivity contribution < 1.29 is 14.4 Å². The Morgan fingerprint density at radius 3 is 2.12 bits per heavy atom. The molecule has 2 bridgehead atoms. The van der Waals surface area contributed by atoms with E-state index in [1.54, 1.807) is 24.3 Å². The Kier molecular flexibility index (Phi) is 5.58. The number of amides is 4. The SMILES string of the molecule is Cc1ccc(N=Nc2ccc(N=C[C@H]3C(=O)NC(=O)N([C@H]4C[C@H]5CC[C@H]4C5)C3=O)cc2)cc1. The number of rotatable bonds is 5. The molecule has 0 unspecified atom stereocenters. The third-order valence-corrected chi connectivity index (χ3v) is 6.80. The summed E-state index contributed by atoms with van der Waals surface area (Å²) in [6.45, 7) is 2.01. The maximum Gasteiger partial charge on any atom is 0.331 e. The normalized spacial score (nSPS) is 27.2. The van der Waals surface area contributed by atoms with Gasteiger partial charge in [0.05, 0.1) is 17.1 Å². The van der Waals surface area contributed by atoms with Crippen LogP contribution in [0.5, 0.6) is 0 Å². The van der Waals surface area contributed by atoms with Crippen molar-refractivity contribution in [1.82, 2.24) is 10.2 Å². The predicted molar refractivity (Wildman–Crippen MR) is 123 cm³/mol. The topological polar surface area (TPSA) is 104 Å². The van der Waals surface area contributed by atoms with Crippen molar-refractivity contribution in [2.24, 2.45) is 33.0 Å². The summed E-state index contributed by atoms with van der Waals surface area (Å²) in [6, 6.07) is 14.0. The van der Waals surface area contributed by atoms with E-state index in [9.17, 15) is 14.4 Å². The Morgan fingerprint density at radius 2 is 1.52 bits per heavy atom. The molecule has 0 aromatic heterocycles. The summed E-state index contributed by atoms with van der Waals surface area (Å²) in [5.41, 5.74) is 3.16. The fourth-order valence-electron chi connectivity index (χ4n) is 5.07. The summed E-state index contributed by atoms with van der Waals surface area (Å²) >= 11 is 0. The van der Waals surface area contributed by atoms with Gasteiger partial charge in [0, 0.05) is 12.3 Å². The molecule has 0 radical (unpaired) electrons. The lowest BCUT2D eigenvalue weighted by Crippen LogP contribution is -2.62. The molecule has 2 aliphatic carbocycles. The fraction of sp³-hybridized carbons (Fsp3) is 0.360. The quantitative estimate of drug-likeness (QED) is 0.400. The van der Waals surface area contributed by atoms with Crippen LogP contribution in [0.25, 0.3) is 0 Å². The minimum atomic E-state index is -1.11. The van der Waals surface area contributed by atoms with Gasteiger partial charge in [-0.15, -0.1) is 0 Å². The lowest BCUT2D eigenvalue weighted by molar-refractivity contribution is -0.141. The lowest BCUT2D eigenvalue weighted by Gasteiger charge is -2.36. The molecule has 4 atom stereocenters. The van der Waals surface area contributed by atoms with E-state index in [0.29, 0.717) is 23.2 Å². The number of azo groups is 1. The van der Waals surface area contributed by atoms with E-state index in [-0.39, 0.29) is 6.04 Å². The van der Waals surface area contributed by atoms with Crippen molar-refractivity contribution >= 4 is 41.1 Å². The van der Waals surface area contributed by atoms with Gasteiger partial charge in [-0.25, -0.2) is 4.79 Å². The van der Waals surface area contributed by atoms with Gasteiger partial charge in [-0.3, -0.25) is 24.8 Å². The van der Waals surface area contributed by atoms with Crippen molar-refractivity contribution in [3.63, 3.8) is 0 Å². The van der Waals surface area contributed by atoms with Crippen LogP contribution >= 0.6 is 0 Å². The van der Waals surface area contributed by atoms with Gasteiger partial charge >= 0.3 is 6.03 Å². The number of imide groups is 2. The molecule has 8 nitrogen and oxygen atoms in total. The minimum absolute atomic E-state index is 0.113. The molecule has 1 heterocycles. The first kappa shape index (κ1) is 21.2. The second kappa shape index (κ2) is 8.69. The average molecular weight is 444 g/mol. The third-order valence-electron chi connectivity index (χ3n) is 6.80. The Hall–Kier alpha value is -3.68. The molecular formula is C25H25N5O3. The van der Waals surface area contributed by atoms with Gasteiger partial charge in [0.25, 0.3) is 0 Å². The second-order valence-corrected chi connectivity index (χ2v) is 9.05. The molecule has 3 fully saturated rings. The monoisotopic (exact) mass is 443 g/mol. The Morgan fingerprint density at radius 1 is 0.879 bits per heavy atom. The highest BCUT2D eigenvalue weighted by atomic mass is 16.2. The molecule has 0 spiro atoms. The summed E-state index contributed by atoms with van der Waals surface area (Å²) in [6.07, 6.45) is 5.41. The Labute approximate surface area is 191 Å². The lowest BCUT2D eigenvalue weighted by atomic mass is 9.92. The number of nitrogens with zero attached hydrogens (tertiary/aromatic N) is 4. The Bertz CT molecular complexity index is 1140. The van der Waals surface area contributed by atoms with Gasteiger partial charge in [-0.1, -0.05) is 24.1 Å². The van der Waals surface area contributed by atoms with E-state index in [1.807, 2.05) is 31.2 Å². The standard InChI is InChI=1S/C25H25N5O3/c1-15-2-6-19(7-3-15)28-29-20-10-8-18(9-11-20)26-14-21-23(31)27-25(33)30(24(21)32)22-13-16-4-5-17(22)12-16/h2-3,6-11,14,16-17,21-22H,4-5,12-13H2,1H3,(H,27,31,33)/t16-,17-,21-,22-/m0/s1. The van der Waals surface area contributed by atoms with Crippen LogP contribution in [0.3, 0.4) is 0 Å². The molecule has 5 rings (SSSR count). The number of urea groups is 1. The number of aryl methyl sites for hydroxylation is 1. The van der Waals surface area contributed by atoms with Gasteiger partial charge < -0.3 is 0 Å². The first-order valence-electron chi connectivity index (χ1n) is 11.3. The van der Waals surface area contributed by atoms with Crippen molar-refractivity contribution in [2.75, 3.05) is 0 Å². The summed E-state index contributed by atoms with van der Waals surface area (Å²) in [5.74, 6) is -1.29. The van der Waals surface area contributed by atoms with Crippen molar-refractivity contribution in [1.29, 1.82) is 0 Å². The molecule has 8 heteroatoms. The smallest absolute Gasteiger partial charge is 0.277 e. The molecule has 1 N–H and O–H groups in total. The first-order valence-corrected chi connectivity index (χ1v) is 11.3. The zero-order valence-electron chi connectivity index (χ0n) is 18.3. The first-order chi connectivity index (χ1) is 16.0. The van der Waals surface area contributed by atoms with Gasteiger partial charge in [0.1, 0.15) is 0 Å². The van der Waals surface area contributed by atoms with Crippen LogP contribution in [0.1, 0.15) is 31.2 Å². The van der Waals surface area contributed by atoms with E-state index < -0.39 is 23.8 Å². The van der Waals surface area contributed by atoms with Crippen molar-refractivity contribution in [3.05, 3.63) is 54.1 Å². The maximum atomic E-state index is 13.1. The van der Waals surface area contributed by atoms with Crippen molar-refractivity contribution in [3.8, 4) is 0 Å². The Balaban J connectivity index is 1.26. The van der Waals surface area contributed by atoms with Gasteiger partial charge in [-0.05, 0) is 74.4 Å². The highest BCUT2D eigenvalue weighted by Crippen LogP contribution is 2.47. The molecular weight excluding hydrogens is 418 g/mol. The minimum Gasteiger partial charge on any atom is -0.277 e. The van der Waals surface area contributed by atoms with E-state index >= 15 is 0 Å². The average Bonchev–Trinajstić information content (AvgIpc) is 3.43. The summed E-state index contributed by atoms with van der Waals surface area (Å²) in [4.78, 5) is 43.4. The molecule has 4 amide bonds. The van der Waals surface area contributed by atoms with E-state index in [4.69, 9.17) is 0 Å². The zero-order chi connectivity index (χ0) is 22.9. The number of fused-ring (bicyclic) bond motifs is 2. The number of nitrogens with one attached hydrogen (secondary N) is 1. The van der Waals surface area contributed by atoms with Crippen LogP contribution in [-0.2, 0) is 9.59 Å². The fourth-order valence-corrected chi connectivity index (χ4v) is 5.07. The van der Waals surface area contributed by atoms with Crippen LogP contribution in [-0.4, -0.2) is 35.0 Å². The molecule has 1 aliphatic heterocycles. The highest BCUT2D eigenvalue weighted by molar-refractivity contribution is 6.23. The molecule has 2 aromatic rings. The summed E-state index contributed by atoms with van der Waals surface area (Å²) in [5, 5.41) is 10.8. The molecule has 3 aliphatic rings. The van der Waals surface area contributed by atoms with Crippen molar-refractivity contribution in [2.45, 2.75) is 38.6 Å². The number of carbonyl (C=O) groups excluding carboxylic acids is 3. The molecule has 33 heavy (non-hydrogen) atoms.